The van der Waals surface area contributed by atoms with E-state index < -0.39 is 0 Å². The maximum atomic E-state index is 5.13. The number of pyridine rings is 1. The Hall–Kier alpha value is -1.39. The van der Waals surface area contributed by atoms with Crippen molar-refractivity contribution in [1.29, 1.82) is 0 Å². The summed E-state index contributed by atoms with van der Waals surface area (Å²) in [7, 11) is 2.21. The molecule has 0 spiro atoms. The van der Waals surface area contributed by atoms with Gasteiger partial charge in [-0.15, -0.1) is 0 Å². The van der Waals surface area contributed by atoms with Crippen LogP contribution >= 0.6 is 11.3 Å². The highest BCUT2D eigenvalue weighted by atomic mass is 32.1. The molecule has 1 saturated carbocycles. The van der Waals surface area contributed by atoms with Crippen LogP contribution < -0.4 is 4.90 Å². The number of anilines is 1. The van der Waals surface area contributed by atoms with E-state index in [1.165, 1.54) is 54.7 Å². The van der Waals surface area contributed by atoms with E-state index in [1.807, 2.05) is 0 Å². The van der Waals surface area contributed by atoms with Crippen molar-refractivity contribution in [2.24, 2.45) is 0 Å². The molecule has 3 nitrogen and oxygen atoms in total. The fourth-order valence-electron chi connectivity index (χ4n) is 3.94. The molecule has 0 amide bonds. The quantitative estimate of drug-likeness (QED) is 0.813. The molecule has 1 aliphatic heterocycles. The molecule has 128 valence electrons. The van der Waals surface area contributed by atoms with Crippen molar-refractivity contribution in [2.45, 2.75) is 38.0 Å². The van der Waals surface area contributed by atoms with Gasteiger partial charge in [0.15, 0.2) is 0 Å². The van der Waals surface area contributed by atoms with Gasteiger partial charge in [-0.05, 0) is 60.0 Å². The molecule has 0 unspecified atom stereocenters. The standard InChI is InChI=1S/C20H27N3S/c1-22-8-10-23(11-9-22)20-14-18(17-7-12-24-15-17)13-19(21-20)16-5-3-2-4-6-16/h7,12-16H,2-6,8-11H2,1H3. The van der Waals surface area contributed by atoms with Crippen molar-refractivity contribution in [3.05, 3.63) is 34.7 Å². The zero-order valence-corrected chi connectivity index (χ0v) is 15.4. The average molecular weight is 342 g/mol. The Bertz CT molecular complexity index is 654. The van der Waals surface area contributed by atoms with E-state index in [0.29, 0.717) is 5.92 Å². The first-order chi connectivity index (χ1) is 11.8. The van der Waals surface area contributed by atoms with Gasteiger partial charge in [-0.3, -0.25) is 0 Å². The highest BCUT2D eigenvalue weighted by Gasteiger charge is 2.21. The highest BCUT2D eigenvalue weighted by Crippen LogP contribution is 2.35. The topological polar surface area (TPSA) is 19.4 Å². The SMILES string of the molecule is CN1CCN(c2cc(-c3ccsc3)cc(C3CCCCC3)n2)CC1. The second-order valence-corrected chi connectivity index (χ2v) is 8.06. The minimum atomic E-state index is 0.656. The average Bonchev–Trinajstić information content (AvgIpc) is 3.17. The van der Waals surface area contributed by atoms with Crippen LogP contribution in [0.15, 0.2) is 29.0 Å². The Morgan fingerprint density at radius 3 is 2.50 bits per heavy atom. The summed E-state index contributed by atoms with van der Waals surface area (Å²) in [5.74, 6) is 1.84. The molecule has 0 aromatic carbocycles. The van der Waals surface area contributed by atoms with Crippen LogP contribution in [-0.4, -0.2) is 43.1 Å². The van der Waals surface area contributed by atoms with Gasteiger partial charge in [0.05, 0.1) is 0 Å². The first-order valence-corrected chi connectivity index (χ1v) is 10.2. The Morgan fingerprint density at radius 1 is 1.00 bits per heavy atom. The molecule has 0 bridgehead atoms. The molecule has 3 heterocycles. The van der Waals surface area contributed by atoms with Crippen LogP contribution in [-0.2, 0) is 0 Å². The predicted molar refractivity (Wildman–Crippen MR) is 103 cm³/mol. The van der Waals surface area contributed by atoms with Crippen LogP contribution in [0.25, 0.3) is 11.1 Å². The van der Waals surface area contributed by atoms with Crippen molar-refractivity contribution < 1.29 is 0 Å². The largest absolute Gasteiger partial charge is 0.354 e. The molecule has 1 aliphatic carbocycles. The summed E-state index contributed by atoms with van der Waals surface area (Å²) >= 11 is 1.78. The minimum absolute atomic E-state index is 0.656. The fraction of sp³-hybridized carbons (Fsp3) is 0.550. The molecule has 0 N–H and O–H groups in total. The number of hydrogen-bond acceptors (Lipinski definition) is 4. The van der Waals surface area contributed by atoms with Crippen molar-refractivity contribution in [2.75, 3.05) is 38.1 Å². The van der Waals surface area contributed by atoms with Gasteiger partial charge in [0.2, 0.25) is 0 Å². The number of piperazine rings is 1. The van der Waals surface area contributed by atoms with Gasteiger partial charge in [0, 0.05) is 37.8 Å². The number of aromatic nitrogens is 1. The van der Waals surface area contributed by atoms with Gasteiger partial charge in [-0.1, -0.05) is 19.3 Å². The smallest absolute Gasteiger partial charge is 0.129 e. The van der Waals surface area contributed by atoms with E-state index in [1.54, 1.807) is 11.3 Å². The van der Waals surface area contributed by atoms with Crippen LogP contribution in [0.2, 0.25) is 0 Å². The fourth-order valence-corrected chi connectivity index (χ4v) is 4.60. The van der Waals surface area contributed by atoms with Crippen LogP contribution in [0.1, 0.15) is 43.7 Å². The maximum Gasteiger partial charge on any atom is 0.129 e. The summed E-state index contributed by atoms with van der Waals surface area (Å²) in [5, 5.41) is 4.43. The Balaban J connectivity index is 1.68. The third kappa shape index (κ3) is 3.50. The summed E-state index contributed by atoms with van der Waals surface area (Å²) in [6.07, 6.45) is 6.73. The molecule has 1 saturated heterocycles. The first-order valence-electron chi connectivity index (χ1n) is 9.27. The number of likely N-dealkylation sites (N-methyl/N-ethyl adjacent to an activating group) is 1. The molecule has 2 aromatic heterocycles. The Kier molecular flexibility index (Phi) is 4.86. The summed E-state index contributed by atoms with van der Waals surface area (Å²) in [4.78, 5) is 10.0. The van der Waals surface area contributed by atoms with Crippen LogP contribution in [0.3, 0.4) is 0 Å². The van der Waals surface area contributed by atoms with Crippen LogP contribution in [0.5, 0.6) is 0 Å². The molecule has 0 radical (unpaired) electrons. The first kappa shape index (κ1) is 16.1. The highest BCUT2D eigenvalue weighted by molar-refractivity contribution is 7.08. The molecule has 2 aromatic rings. The van der Waals surface area contributed by atoms with E-state index in [2.05, 4.69) is 45.8 Å². The maximum absolute atomic E-state index is 5.13. The summed E-state index contributed by atoms with van der Waals surface area (Å²) in [6, 6.07) is 6.90. The minimum Gasteiger partial charge on any atom is -0.354 e. The van der Waals surface area contributed by atoms with E-state index in [4.69, 9.17) is 4.98 Å². The molecular formula is C20H27N3S. The molecule has 24 heavy (non-hydrogen) atoms. The van der Waals surface area contributed by atoms with Crippen LogP contribution in [0, 0.1) is 0 Å². The van der Waals surface area contributed by atoms with E-state index in [0.717, 1.165) is 26.2 Å². The number of rotatable bonds is 3. The molecule has 4 rings (SSSR count). The number of thiophene rings is 1. The van der Waals surface area contributed by atoms with Gasteiger partial charge < -0.3 is 9.80 Å². The third-order valence-corrected chi connectivity index (χ3v) is 6.22. The van der Waals surface area contributed by atoms with Crippen molar-refractivity contribution in [1.82, 2.24) is 9.88 Å². The summed E-state index contributed by atoms with van der Waals surface area (Å²) in [6.45, 7) is 4.42. The molecular weight excluding hydrogens is 314 g/mol. The van der Waals surface area contributed by atoms with Crippen molar-refractivity contribution in [3.63, 3.8) is 0 Å². The van der Waals surface area contributed by atoms with E-state index in [9.17, 15) is 0 Å². The van der Waals surface area contributed by atoms with Crippen molar-refractivity contribution >= 4 is 17.2 Å². The van der Waals surface area contributed by atoms with Crippen molar-refractivity contribution in [3.8, 4) is 11.1 Å². The zero-order valence-electron chi connectivity index (χ0n) is 14.6. The monoisotopic (exact) mass is 341 g/mol. The molecule has 2 fully saturated rings. The van der Waals surface area contributed by atoms with Gasteiger partial charge >= 0.3 is 0 Å². The number of nitrogens with zero attached hydrogens (tertiary/aromatic N) is 3. The van der Waals surface area contributed by atoms with Gasteiger partial charge in [0.25, 0.3) is 0 Å². The summed E-state index contributed by atoms with van der Waals surface area (Å²) in [5.41, 5.74) is 4.02. The molecule has 2 aliphatic rings. The molecule has 4 heteroatoms. The lowest BCUT2D eigenvalue weighted by Crippen LogP contribution is -2.44. The number of hydrogen-bond donors (Lipinski definition) is 0. The second kappa shape index (κ2) is 7.24. The summed E-state index contributed by atoms with van der Waals surface area (Å²) < 4.78 is 0. The second-order valence-electron chi connectivity index (χ2n) is 7.28. The lowest BCUT2D eigenvalue weighted by atomic mass is 9.86. The lowest BCUT2D eigenvalue weighted by Gasteiger charge is -2.34. The van der Waals surface area contributed by atoms with Crippen LogP contribution in [0.4, 0.5) is 5.82 Å². The zero-order chi connectivity index (χ0) is 16.4. The van der Waals surface area contributed by atoms with Gasteiger partial charge in [-0.25, -0.2) is 4.98 Å². The lowest BCUT2D eigenvalue weighted by molar-refractivity contribution is 0.312. The van der Waals surface area contributed by atoms with Gasteiger partial charge in [-0.2, -0.15) is 11.3 Å². The van der Waals surface area contributed by atoms with E-state index in [-0.39, 0.29) is 0 Å². The molecule has 0 atom stereocenters. The Morgan fingerprint density at radius 2 is 1.79 bits per heavy atom. The third-order valence-electron chi connectivity index (χ3n) is 5.54. The normalized spacial score (nSPS) is 20.5. The van der Waals surface area contributed by atoms with Gasteiger partial charge in [0.1, 0.15) is 5.82 Å². The predicted octanol–water partition coefficient (Wildman–Crippen LogP) is 4.61. The Labute approximate surface area is 149 Å². The van der Waals surface area contributed by atoms with E-state index >= 15 is 0 Å².